The number of alkyl carbamates (subject to hydrolysis) is 1. The molecule has 0 unspecified atom stereocenters. The van der Waals surface area contributed by atoms with Crippen molar-refractivity contribution >= 4 is 18.0 Å². The summed E-state index contributed by atoms with van der Waals surface area (Å²) in [5.74, 6) is -0.332. The van der Waals surface area contributed by atoms with Crippen molar-refractivity contribution in [1.82, 2.24) is 15.5 Å². The quantitative estimate of drug-likeness (QED) is 0.766. The van der Waals surface area contributed by atoms with Crippen molar-refractivity contribution in [3.05, 3.63) is 35.9 Å². The fraction of sp³-hybridized carbons (Fsp3) is 0.308. The van der Waals surface area contributed by atoms with Gasteiger partial charge in [-0.05, 0) is 5.56 Å². The molecule has 0 atom stereocenters. The zero-order valence-corrected chi connectivity index (χ0v) is 10.8. The molecule has 0 aliphatic carbocycles. The first kappa shape index (κ1) is 13.9. The molecule has 1 aliphatic heterocycles. The Bertz CT molecular complexity index is 504. The van der Waals surface area contributed by atoms with E-state index in [1.165, 1.54) is 4.90 Å². The number of nitrogens with one attached hydrogen (secondary N) is 2. The van der Waals surface area contributed by atoms with E-state index >= 15 is 0 Å². The monoisotopic (exact) mass is 277 g/mol. The highest BCUT2D eigenvalue weighted by Gasteiger charge is 2.25. The van der Waals surface area contributed by atoms with Gasteiger partial charge in [0.15, 0.2) is 0 Å². The van der Waals surface area contributed by atoms with Crippen molar-refractivity contribution in [2.75, 3.05) is 19.6 Å². The number of carbonyl (C=O) groups is 3. The standard InChI is InChI=1S/C13H15N3O4/c17-11-8-16(12(18)15-11)7-6-14-13(19)20-9-10-4-2-1-3-5-10/h1-5H,6-9H2,(H,14,19)(H,15,17,18). The van der Waals surface area contributed by atoms with Gasteiger partial charge in [0.1, 0.15) is 13.2 Å². The number of ether oxygens (including phenoxy) is 1. The van der Waals surface area contributed by atoms with Gasteiger partial charge in [0, 0.05) is 13.1 Å². The van der Waals surface area contributed by atoms with E-state index < -0.39 is 12.1 Å². The lowest BCUT2D eigenvalue weighted by molar-refractivity contribution is -0.118. The first-order valence-corrected chi connectivity index (χ1v) is 6.18. The molecule has 0 aromatic heterocycles. The average Bonchev–Trinajstić information content (AvgIpc) is 2.76. The summed E-state index contributed by atoms with van der Waals surface area (Å²) in [5, 5.41) is 4.68. The second-order valence-corrected chi connectivity index (χ2v) is 4.26. The molecule has 4 amide bonds. The van der Waals surface area contributed by atoms with Crippen molar-refractivity contribution in [1.29, 1.82) is 0 Å². The zero-order valence-electron chi connectivity index (χ0n) is 10.8. The molecule has 1 fully saturated rings. The molecule has 20 heavy (non-hydrogen) atoms. The number of hydrogen-bond donors (Lipinski definition) is 2. The number of benzene rings is 1. The SMILES string of the molecule is O=C1CN(CCNC(=O)OCc2ccccc2)C(=O)N1. The predicted molar refractivity (Wildman–Crippen MR) is 69.7 cm³/mol. The molecule has 0 bridgehead atoms. The van der Waals surface area contributed by atoms with Gasteiger partial charge >= 0.3 is 12.1 Å². The molecule has 1 saturated heterocycles. The Kier molecular flexibility index (Phi) is 4.54. The maximum absolute atomic E-state index is 11.4. The first-order chi connectivity index (χ1) is 9.65. The number of amides is 4. The summed E-state index contributed by atoms with van der Waals surface area (Å²) in [6, 6.07) is 8.88. The molecule has 1 aromatic rings. The predicted octanol–water partition coefficient (Wildman–Crippen LogP) is 0.465. The van der Waals surface area contributed by atoms with E-state index in [1.54, 1.807) is 0 Å². The van der Waals surface area contributed by atoms with Crippen molar-refractivity contribution in [3.8, 4) is 0 Å². The van der Waals surface area contributed by atoms with E-state index in [9.17, 15) is 14.4 Å². The Morgan fingerprint density at radius 3 is 2.70 bits per heavy atom. The fourth-order valence-corrected chi connectivity index (χ4v) is 1.73. The molecule has 0 saturated carbocycles. The molecule has 2 rings (SSSR count). The summed E-state index contributed by atoms with van der Waals surface area (Å²) in [4.78, 5) is 34.9. The zero-order chi connectivity index (χ0) is 14.4. The Hall–Kier alpha value is -2.57. The fourth-order valence-electron chi connectivity index (χ4n) is 1.73. The third-order valence-corrected chi connectivity index (χ3v) is 2.73. The van der Waals surface area contributed by atoms with Gasteiger partial charge < -0.3 is 15.0 Å². The summed E-state index contributed by atoms with van der Waals surface area (Å²) >= 11 is 0. The first-order valence-electron chi connectivity index (χ1n) is 6.18. The van der Waals surface area contributed by atoms with E-state index in [-0.39, 0.29) is 32.1 Å². The van der Waals surface area contributed by atoms with Crippen LogP contribution in [0.1, 0.15) is 5.56 Å². The summed E-state index contributed by atoms with van der Waals surface area (Å²) in [5.41, 5.74) is 0.896. The van der Waals surface area contributed by atoms with Crippen LogP contribution < -0.4 is 10.6 Å². The molecule has 0 spiro atoms. The van der Waals surface area contributed by atoms with Gasteiger partial charge in [0.2, 0.25) is 5.91 Å². The lowest BCUT2D eigenvalue weighted by Gasteiger charge is -2.13. The largest absolute Gasteiger partial charge is 0.445 e. The normalized spacial score (nSPS) is 14.1. The molecule has 7 nitrogen and oxygen atoms in total. The maximum Gasteiger partial charge on any atom is 0.407 e. The van der Waals surface area contributed by atoms with Gasteiger partial charge in [-0.15, -0.1) is 0 Å². The second kappa shape index (κ2) is 6.55. The van der Waals surface area contributed by atoms with Gasteiger partial charge in [-0.2, -0.15) is 0 Å². The third kappa shape index (κ3) is 3.98. The Morgan fingerprint density at radius 2 is 2.05 bits per heavy atom. The summed E-state index contributed by atoms with van der Waals surface area (Å²) in [7, 11) is 0. The average molecular weight is 277 g/mol. The number of nitrogens with zero attached hydrogens (tertiary/aromatic N) is 1. The third-order valence-electron chi connectivity index (χ3n) is 2.73. The van der Waals surface area contributed by atoms with Crippen LogP contribution in [0.2, 0.25) is 0 Å². The van der Waals surface area contributed by atoms with Gasteiger partial charge in [0.05, 0.1) is 0 Å². The molecular weight excluding hydrogens is 262 g/mol. The van der Waals surface area contributed by atoms with Crippen LogP contribution in [0.4, 0.5) is 9.59 Å². The van der Waals surface area contributed by atoms with Crippen molar-refractivity contribution in [2.24, 2.45) is 0 Å². The highest BCUT2D eigenvalue weighted by Crippen LogP contribution is 2.00. The highest BCUT2D eigenvalue weighted by molar-refractivity contribution is 6.01. The smallest absolute Gasteiger partial charge is 0.407 e. The van der Waals surface area contributed by atoms with Crippen molar-refractivity contribution < 1.29 is 19.1 Å². The number of imide groups is 1. The minimum Gasteiger partial charge on any atom is -0.445 e. The van der Waals surface area contributed by atoms with Crippen LogP contribution in [-0.4, -0.2) is 42.6 Å². The van der Waals surface area contributed by atoms with Crippen LogP contribution in [0.25, 0.3) is 0 Å². The van der Waals surface area contributed by atoms with E-state index in [0.29, 0.717) is 0 Å². The van der Waals surface area contributed by atoms with Crippen LogP contribution in [0.3, 0.4) is 0 Å². The van der Waals surface area contributed by atoms with Gasteiger partial charge in [0.25, 0.3) is 0 Å². The Balaban J connectivity index is 1.63. The van der Waals surface area contributed by atoms with Crippen LogP contribution in [-0.2, 0) is 16.1 Å². The second-order valence-electron chi connectivity index (χ2n) is 4.26. The van der Waals surface area contributed by atoms with Gasteiger partial charge in [-0.25, -0.2) is 9.59 Å². The Morgan fingerprint density at radius 1 is 1.30 bits per heavy atom. The van der Waals surface area contributed by atoms with Crippen LogP contribution in [0, 0.1) is 0 Å². The van der Waals surface area contributed by atoms with Crippen LogP contribution >= 0.6 is 0 Å². The number of urea groups is 1. The lowest BCUT2D eigenvalue weighted by Crippen LogP contribution is -2.36. The molecular formula is C13H15N3O4. The Labute approximate surface area is 115 Å². The summed E-state index contributed by atoms with van der Waals surface area (Å²) in [6.07, 6.45) is -0.556. The number of carbonyl (C=O) groups excluding carboxylic acids is 3. The lowest BCUT2D eigenvalue weighted by atomic mass is 10.2. The topological polar surface area (TPSA) is 87.7 Å². The minimum absolute atomic E-state index is 0.0274. The highest BCUT2D eigenvalue weighted by atomic mass is 16.5. The van der Waals surface area contributed by atoms with E-state index in [1.807, 2.05) is 30.3 Å². The summed E-state index contributed by atoms with van der Waals surface area (Å²) in [6.45, 7) is 0.710. The molecule has 7 heteroatoms. The van der Waals surface area contributed by atoms with Crippen LogP contribution in [0.5, 0.6) is 0 Å². The van der Waals surface area contributed by atoms with Gasteiger partial charge in [-0.3, -0.25) is 10.1 Å². The number of rotatable bonds is 5. The maximum atomic E-state index is 11.4. The summed E-state index contributed by atoms with van der Waals surface area (Å²) < 4.78 is 5.00. The molecule has 106 valence electrons. The molecule has 1 heterocycles. The molecule has 1 aliphatic rings. The van der Waals surface area contributed by atoms with Crippen molar-refractivity contribution in [3.63, 3.8) is 0 Å². The van der Waals surface area contributed by atoms with Crippen LogP contribution in [0.15, 0.2) is 30.3 Å². The minimum atomic E-state index is -0.556. The van der Waals surface area contributed by atoms with E-state index in [0.717, 1.165) is 5.56 Å². The molecule has 0 radical (unpaired) electrons. The number of hydrogen-bond acceptors (Lipinski definition) is 4. The molecule has 2 N–H and O–H groups in total. The van der Waals surface area contributed by atoms with Crippen molar-refractivity contribution in [2.45, 2.75) is 6.61 Å². The van der Waals surface area contributed by atoms with E-state index in [4.69, 9.17) is 4.74 Å². The van der Waals surface area contributed by atoms with E-state index in [2.05, 4.69) is 10.6 Å². The molecule has 1 aromatic carbocycles. The van der Waals surface area contributed by atoms with Gasteiger partial charge in [-0.1, -0.05) is 30.3 Å².